The van der Waals surface area contributed by atoms with Crippen LogP contribution in [0.25, 0.3) is 0 Å². The molecule has 2 N–H and O–H groups in total. The van der Waals surface area contributed by atoms with Gasteiger partial charge in [0.1, 0.15) is 5.82 Å². The maximum Gasteiger partial charge on any atom is 0.129 e. The van der Waals surface area contributed by atoms with Gasteiger partial charge >= 0.3 is 0 Å². The lowest BCUT2D eigenvalue weighted by Gasteiger charge is -2.28. The van der Waals surface area contributed by atoms with Crippen LogP contribution in [0.1, 0.15) is 32.4 Å². The highest BCUT2D eigenvalue weighted by Crippen LogP contribution is 2.18. The van der Waals surface area contributed by atoms with Crippen LogP contribution >= 0.6 is 0 Å². The molecule has 0 saturated carbocycles. The summed E-state index contributed by atoms with van der Waals surface area (Å²) in [5.41, 5.74) is 7.00. The zero-order valence-electron chi connectivity index (χ0n) is 11.2. The standard InChI is InChI=1S/C13H23N3O/c1-10(2)16(7-8-17-4)13-9-12(11(3)14)5-6-15-13/h5-6,9-11H,7-8,14H2,1-4H3/t11-/m0/s1. The van der Waals surface area contributed by atoms with Gasteiger partial charge in [0.25, 0.3) is 0 Å². The van der Waals surface area contributed by atoms with E-state index in [1.54, 1.807) is 7.11 Å². The summed E-state index contributed by atoms with van der Waals surface area (Å²) in [6.45, 7) is 7.81. The van der Waals surface area contributed by atoms with Gasteiger partial charge in [-0.2, -0.15) is 0 Å². The fourth-order valence-corrected chi connectivity index (χ4v) is 1.70. The summed E-state index contributed by atoms with van der Waals surface area (Å²) in [7, 11) is 1.71. The Balaban J connectivity index is 2.89. The SMILES string of the molecule is COCCN(c1cc([C@H](C)N)ccn1)C(C)C. The van der Waals surface area contributed by atoms with E-state index in [1.807, 2.05) is 19.2 Å². The highest BCUT2D eigenvalue weighted by Gasteiger charge is 2.12. The number of nitrogens with two attached hydrogens (primary N) is 1. The number of nitrogens with zero attached hydrogens (tertiary/aromatic N) is 2. The van der Waals surface area contributed by atoms with Gasteiger partial charge in [-0.1, -0.05) is 0 Å². The molecule has 0 saturated heterocycles. The molecule has 0 amide bonds. The fourth-order valence-electron chi connectivity index (χ4n) is 1.70. The van der Waals surface area contributed by atoms with Crippen molar-refractivity contribution in [3.8, 4) is 0 Å². The number of hydrogen-bond acceptors (Lipinski definition) is 4. The summed E-state index contributed by atoms with van der Waals surface area (Å²) in [5, 5.41) is 0. The molecule has 1 heterocycles. The molecule has 0 aliphatic carbocycles. The van der Waals surface area contributed by atoms with Crippen LogP contribution < -0.4 is 10.6 Å². The first-order valence-corrected chi connectivity index (χ1v) is 6.03. The second kappa shape index (κ2) is 6.57. The summed E-state index contributed by atoms with van der Waals surface area (Å²) < 4.78 is 5.13. The van der Waals surface area contributed by atoms with Crippen molar-refractivity contribution in [1.29, 1.82) is 0 Å². The molecule has 0 aromatic carbocycles. The van der Waals surface area contributed by atoms with E-state index < -0.39 is 0 Å². The number of methoxy groups -OCH3 is 1. The van der Waals surface area contributed by atoms with Crippen LogP contribution in [0.15, 0.2) is 18.3 Å². The number of ether oxygens (including phenoxy) is 1. The molecule has 4 heteroatoms. The van der Waals surface area contributed by atoms with E-state index in [0.717, 1.165) is 17.9 Å². The molecule has 0 aliphatic heterocycles. The first-order valence-electron chi connectivity index (χ1n) is 6.03. The zero-order chi connectivity index (χ0) is 12.8. The average Bonchev–Trinajstić information content (AvgIpc) is 2.29. The Kier molecular flexibility index (Phi) is 5.38. The summed E-state index contributed by atoms with van der Waals surface area (Å²) >= 11 is 0. The highest BCUT2D eigenvalue weighted by atomic mass is 16.5. The maximum absolute atomic E-state index is 5.89. The number of pyridine rings is 1. The van der Waals surface area contributed by atoms with Gasteiger partial charge in [0.05, 0.1) is 6.61 Å². The van der Waals surface area contributed by atoms with Gasteiger partial charge in [0.2, 0.25) is 0 Å². The summed E-state index contributed by atoms with van der Waals surface area (Å²) in [6, 6.07) is 4.44. The van der Waals surface area contributed by atoms with Crippen molar-refractivity contribution in [2.24, 2.45) is 5.73 Å². The molecule has 0 bridgehead atoms. The van der Waals surface area contributed by atoms with Gasteiger partial charge in [-0.15, -0.1) is 0 Å². The minimum atomic E-state index is 0.0354. The van der Waals surface area contributed by atoms with Crippen LogP contribution in [-0.4, -0.2) is 31.3 Å². The predicted octanol–water partition coefficient (Wildman–Crippen LogP) is 1.96. The molecule has 0 unspecified atom stereocenters. The molecule has 1 atom stereocenters. The van der Waals surface area contributed by atoms with E-state index in [1.165, 1.54) is 0 Å². The monoisotopic (exact) mass is 237 g/mol. The van der Waals surface area contributed by atoms with E-state index in [2.05, 4.69) is 29.8 Å². The Morgan fingerprint density at radius 3 is 2.65 bits per heavy atom. The van der Waals surface area contributed by atoms with Crippen LogP contribution in [0.3, 0.4) is 0 Å². The van der Waals surface area contributed by atoms with Crippen molar-refractivity contribution in [2.75, 3.05) is 25.2 Å². The largest absolute Gasteiger partial charge is 0.383 e. The second-order valence-electron chi connectivity index (χ2n) is 4.52. The van der Waals surface area contributed by atoms with Gasteiger partial charge in [-0.05, 0) is 38.5 Å². The van der Waals surface area contributed by atoms with Crippen LogP contribution in [-0.2, 0) is 4.74 Å². The molecular weight excluding hydrogens is 214 g/mol. The van der Waals surface area contributed by atoms with E-state index in [-0.39, 0.29) is 6.04 Å². The summed E-state index contributed by atoms with van der Waals surface area (Å²) in [4.78, 5) is 6.63. The van der Waals surface area contributed by atoms with Gasteiger partial charge in [-0.3, -0.25) is 0 Å². The number of rotatable bonds is 6. The molecule has 17 heavy (non-hydrogen) atoms. The number of hydrogen-bond donors (Lipinski definition) is 1. The van der Waals surface area contributed by atoms with E-state index >= 15 is 0 Å². The molecule has 1 rings (SSSR count). The molecule has 1 aromatic rings. The Bertz CT molecular complexity index is 339. The van der Waals surface area contributed by atoms with Crippen molar-refractivity contribution in [1.82, 2.24) is 4.98 Å². The van der Waals surface area contributed by atoms with Crippen LogP contribution in [0.4, 0.5) is 5.82 Å². The van der Waals surface area contributed by atoms with E-state index in [0.29, 0.717) is 12.6 Å². The molecule has 1 aromatic heterocycles. The lowest BCUT2D eigenvalue weighted by molar-refractivity contribution is 0.203. The number of anilines is 1. The minimum absolute atomic E-state index is 0.0354. The molecule has 96 valence electrons. The Hall–Kier alpha value is -1.13. The highest BCUT2D eigenvalue weighted by molar-refractivity contribution is 5.42. The van der Waals surface area contributed by atoms with Crippen molar-refractivity contribution in [3.63, 3.8) is 0 Å². The first kappa shape index (κ1) is 13.9. The Labute approximate surface area is 104 Å². The predicted molar refractivity (Wildman–Crippen MR) is 71.2 cm³/mol. The fraction of sp³-hybridized carbons (Fsp3) is 0.615. The maximum atomic E-state index is 5.89. The number of aromatic nitrogens is 1. The second-order valence-corrected chi connectivity index (χ2v) is 4.52. The van der Waals surface area contributed by atoms with E-state index in [9.17, 15) is 0 Å². The third-order valence-electron chi connectivity index (χ3n) is 2.75. The first-order chi connectivity index (χ1) is 8.06. The van der Waals surface area contributed by atoms with Crippen LogP contribution in [0.5, 0.6) is 0 Å². The van der Waals surface area contributed by atoms with Gasteiger partial charge in [-0.25, -0.2) is 4.98 Å². The molecule has 4 nitrogen and oxygen atoms in total. The van der Waals surface area contributed by atoms with Crippen LogP contribution in [0.2, 0.25) is 0 Å². The van der Waals surface area contributed by atoms with Crippen molar-refractivity contribution in [3.05, 3.63) is 23.9 Å². The minimum Gasteiger partial charge on any atom is -0.383 e. The van der Waals surface area contributed by atoms with Gasteiger partial charge in [0.15, 0.2) is 0 Å². The van der Waals surface area contributed by atoms with Crippen molar-refractivity contribution >= 4 is 5.82 Å². The van der Waals surface area contributed by atoms with Crippen molar-refractivity contribution in [2.45, 2.75) is 32.9 Å². The Morgan fingerprint density at radius 2 is 2.12 bits per heavy atom. The Morgan fingerprint density at radius 1 is 1.41 bits per heavy atom. The molecule has 0 radical (unpaired) electrons. The van der Waals surface area contributed by atoms with Gasteiger partial charge < -0.3 is 15.4 Å². The quantitative estimate of drug-likeness (QED) is 0.821. The zero-order valence-corrected chi connectivity index (χ0v) is 11.2. The lowest BCUT2D eigenvalue weighted by Crippen LogP contribution is -2.34. The molecule has 0 aliphatic rings. The van der Waals surface area contributed by atoms with Gasteiger partial charge in [0, 0.05) is 31.9 Å². The molecule has 0 fully saturated rings. The molecular formula is C13H23N3O. The smallest absolute Gasteiger partial charge is 0.129 e. The average molecular weight is 237 g/mol. The molecule has 0 spiro atoms. The third-order valence-corrected chi connectivity index (χ3v) is 2.75. The van der Waals surface area contributed by atoms with Crippen molar-refractivity contribution < 1.29 is 4.74 Å². The summed E-state index contributed by atoms with van der Waals surface area (Å²) in [5.74, 6) is 0.965. The normalized spacial score (nSPS) is 12.8. The third kappa shape index (κ3) is 3.98. The lowest BCUT2D eigenvalue weighted by atomic mass is 10.1. The topological polar surface area (TPSA) is 51.4 Å². The summed E-state index contributed by atoms with van der Waals surface area (Å²) in [6.07, 6.45) is 1.82. The van der Waals surface area contributed by atoms with E-state index in [4.69, 9.17) is 10.5 Å². The van der Waals surface area contributed by atoms with Crippen LogP contribution in [0, 0.1) is 0 Å².